The number of carbonyl (C=O) groups excluding carboxylic acids is 1. The molecule has 2 N–H and O–H groups in total. The zero-order valence-corrected chi connectivity index (χ0v) is 14.5. The number of carbonyl (C=O) groups is 1. The molecule has 5 nitrogen and oxygen atoms in total. The molecule has 0 aliphatic carbocycles. The topological polar surface area (TPSA) is 80.5 Å². The Morgan fingerprint density at radius 3 is 2.32 bits per heavy atom. The molecule has 1 aromatic carbocycles. The van der Waals surface area contributed by atoms with Gasteiger partial charge < -0.3 is 5.73 Å². The first kappa shape index (κ1) is 18.5. The van der Waals surface area contributed by atoms with Gasteiger partial charge in [-0.3, -0.25) is 4.79 Å². The van der Waals surface area contributed by atoms with Crippen molar-refractivity contribution >= 4 is 38.8 Å². The Labute approximate surface area is 135 Å². The average molecular weight is 346 g/mol. The number of halogens is 1. The summed E-state index contributed by atoms with van der Waals surface area (Å²) in [6.07, 6.45) is 0. The van der Waals surface area contributed by atoms with Gasteiger partial charge in [0.25, 0.3) is 0 Å². The first-order chi connectivity index (χ1) is 9.91. The molecule has 1 rings (SSSR count). The molecule has 1 aromatic rings. The Morgan fingerprint density at radius 1 is 1.36 bits per heavy atom. The number of sulfonamides is 1. The van der Waals surface area contributed by atoms with Gasteiger partial charge in [0, 0.05) is 11.0 Å². The highest BCUT2D eigenvalue weighted by Crippen LogP contribution is 2.30. The molecule has 0 aliphatic heterocycles. The van der Waals surface area contributed by atoms with Crippen molar-refractivity contribution < 1.29 is 17.6 Å². The zero-order chi connectivity index (χ0) is 17.3. The lowest BCUT2D eigenvalue weighted by Gasteiger charge is -2.29. The van der Waals surface area contributed by atoms with E-state index < -0.39 is 27.2 Å². The summed E-state index contributed by atoms with van der Waals surface area (Å²) in [4.78, 5) is 12.4. The van der Waals surface area contributed by atoms with E-state index in [1.807, 2.05) is 0 Å². The van der Waals surface area contributed by atoms with Gasteiger partial charge in [-0.1, -0.05) is 33.0 Å². The van der Waals surface area contributed by atoms with E-state index in [2.05, 4.69) is 0 Å². The van der Waals surface area contributed by atoms with Crippen LogP contribution in [0.1, 0.15) is 33.3 Å². The molecular formula is C14H19FN2O3S2. The van der Waals surface area contributed by atoms with Crippen molar-refractivity contribution in [1.82, 2.24) is 0 Å². The van der Waals surface area contributed by atoms with Crippen molar-refractivity contribution in [3.8, 4) is 0 Å². The molecule has 0 radical (unpaired) electrons. The van der Waals surface area contributed by atoms with Crippen LogP contribution in [0.25, 0.3) is 0 Å². The highest BCUT2D eigenvalue weighted by atomic mass is 32.2. The van der Waals surface area contributed by atoms with E-state index in [-0.39, 0.29) is 22.0 Å². The molecule has 0 saturated carbocycles. The van der Waals surface area contributed by atoms with Crippen LogP contribution in [-0.2, 0) is 14.8 Å². The van der Waals surface area contributed by atoms with Crippen LogP contribution in [0.2, 0.25) is 0 Å². The maximum Gasteiger partial charge on any atom is 0.246 e. The van der Waals surface area contributed by atoms with E-state index in [4.69, 9.17) is 18.0 Å². The monoisotopic (exact) mass is 346 g/mol. The molecule has 0 aromatic heterocycles. The van der Waals surface area contributed by atoms with Gasteiger partial charge in [0.2, 0.25) is 15.9 Å². The molecule has 0 saturated heterocycles. The maximum absolute atomic E-state index is 13.4. The SMILES string of the molecule is CCS(=O)(=O)N(C(=O)C(C)(C)C)c1ccc(F)cc1C(N)=S. The summed E-state index contributed by atoms with van der Waals surface area (Å²) in [5, 5.41) is 0. The van der Waals surface area contributed by atoms with Gasteiger partial charge in [0.15, 0.2) is 0 Å². The third-order valence-corrected chi connectivity index (χ3v) is 4.78. The van der Waals surface area contributed by atoms with Crippen LogP contribution in [-0.4, -0.2) is 25.1 Å². The van der Waals surface area contributed by atoms with E-state index >= 15 is 0 Å². The molecule has 0 spiro atoms. The minimum Gasteiger partial charge on any atom is -0.389 e. The molecule has 8 heteroatoms. The van der Waals surface area contributed by atoms with Crippen molar-refractivity contribution in [3.63, 3.8) is 0 Å². The fourth-order valence-corrected chi connectivity index (χ4v) is 3.11. The fraction of sp³-hybridized carbons (Fsp3) is 0.429. The number of thiocarbonyl (C=S) groups is 1. The molecular weight excluding hydrogens is 327 g/mol. The summed E-state index contributed by atoms with van der Waals surface area (Å²) >= 11 is 4.85. The predicted molar refractivity (Wildman–Crippen MR) is 88.7 cm³/mol. The summed E-state index contributed by atoms with van der Waals surface area (Å²) < 4.78 is 38.8. The second kappa shape index (κ2) is 6.29. The Bertz CT molecular complexity index is 709. The molecule has 0 aliphatic rings. The van der Waals surface area contributed by atoms with Crippen LogP contribution >= 0.6 is 12.2 Å². The molecule has 0 atom stereocenters. The van der Waals surface area contributed by atoms with Gasteiger partial charge in [0.1, 0.15) is 10.8 Å². The number of nitrogens with two attached hydrogens (primary N) is 1. The smallest absolute Gasteiger partial charge is 0.246 e. The maximum atomic E-state index is 13.4. The number of hydrogen-bond acceptors (Lipinski definition) is 4. The van der Waals surface area contributed by atoms with Crippen LogP contribution in [0.4, 0.5) is 10.1 Å². The highest BCUT2D eigenvalue weighted by Gasteiger charge is 2.36. The standard InChI is InChI=1S/C14H19FN2O3S2/c1-5-22(19,20)17(13(18)14(2,3)4)11-7-6-9(15)8-10(11)12(16)21/h6-8H,5H2,1-4H3,(H2,16,21). The summed E-state index contributed by atoms with van der Waals surface area (Å²) in [5.74, 6) is -1.55. The lowest BCUT2D eigenvalue weighted by molar-refractivity contribution is -0.124. The van der Waals surface area contributed by atoms with Crippen LogP contribution in [0.5, 0.6) is 0 Å². The van der Waals surface area contributed by atoms with Crippen LogP contribution in [0, 0.1) is 11.2 Å². The number of rotatable bonds is 4. The Balaban J connectivity index is 3.68. The van der Waals surface area contributed by atoms with E-state index in [1.54, 1.807) is 20.8 Å². The summed E-state index contributed by atoms with van der Waals surface area (Å²) in [6.45, 7) is 6.20. The third-order valence-electron chi connectivity index (χ3n) is 2.91. The minimum absolute atomic E-state index is 0.00428. The zero-order valence-electron chi connectivity index (χ0n) is 12.9. The average Bonchev–Trinajstić information content (AvgIpc) is 2.39. The van der Waals surface area contributed by atoms with E-state index in [1.165, 1.54) is 13.0 Å². The number of anilines is 1. The van der Waals surface area contributed by atoms with Crippen molar-refractivity contribution in [2.24, 2.45) is 11.1 Å². The van der Waals surface area contributed by atoms with Crippen molar-refractivity contribution in [3.05, 3.63) is 29.6 Å². The molecule has 22 heavy (non-hydrogen) atoms. The Morgan fingerprint density at radius 2 is 1.91 bits per heavy atom. The fourth-order valence-electron chi connectivity index (χ4n) is 1.70. The Hall–Kier alpha value is -1.54. The molecule has 0 unspecified atom stereocenters. The van der Waals surface area contributed by atoms with E-state index in [0.29, 0.717) is 4.31 Å². The van der Waals surface area contributed by atoms with Crippen LogP contribution in [0.3, 0.4) is 0 Å². The van der Waals surface area contributed by atoms with Crippen molar-refractivity contribution in [2.45, 2.75) is 27.7 Å². The molecule has 0 bridgehead atoms. The van der Waals surface area contributed by atoms with Crippen molar-refractivity contribution in [1.29, 1.82) is 0 Å². The highest BCUT2D eigenvalue weighted by molar-refractivity contribution is 7.93. The molecule has 122 valence electrons. The lowest BCUT2D eigenvalue weighted by Crippen LogP contribution is -2.45. The number of nitrogens with zero attached hydrogens (tertiary/aromatic N) is 1. The summed E-state index contributed by atoms with van der Waals surface area (Å²) in [5.41, 5.74) is 4.57. The van der Waals surface area contributed by atoms with Gasteiger partial charge in [-0.25, -0.2) is 17.1 Å². The number of amides is 1. The predicted octanol–water partition coefficient (Wildman–Crippen LogP) is 2.19. The summed E-state index contributed by atoms with van der Waals surface area (Å²) in [6, 6.07) is 3.28. The Kier molecular flexibility index (Phi) is 5.30. The first-order valence-corrected chi connectivity index (χ1v) is 8.60. The largest absolute Gasteiger partial charge is 0.389 e. The first-order valence-electron chi connectivity index (χ1n) is 6.58. The van der Waals surface area contributed by atoms with Gasteiger partial charge in [0.05, 0.1) is 11.4 Å². The third kappa shape index (κ3) is 3.80. The van der Waals surface area contributed by atoms with Crippen LogP contribution < -0.4 is 10.0 Å². The second-order valence-electron chi connectivity index (χ2n) is 5.75. The van der Waals surface area contributed by atoms with Gasteiger partial charge in [-0.2, -0.15) is 0 Å². The van der Waals surface area contributed by atoms with Gasteiger partial charge in [-0.15, -0.1) is 0 Å². The minimum atomic E-state index is -3.92. The number of benzene rings is 1. The van der Waals surface area contributed by atoms with Gasteiger partial charge in [-0.05, 0) is 25.1 Å². The van der Waals surface area contributed by atoms with E-state index in [9.17, 15) is 17.6 Å². The molecule has 0 heterocycles. The normalized spacial score (nSPS) is 12.0. The summed E-state index contributed by atoms with van der Waals surface area (Å²) in [7, 11) is -3.92. The second-order valence-corrected chi connectivity index (χ2v) is 8.29. The quantitative estimate of drug-likeness (QED) is 0.845. The molecule has 0 fully saturated rings. The molecule has 1 amide bonds. The van der Waals surface area contributed by atoms with Crippen molar-refractivity contribution in [2.75, 3.05) is 10.1 Å². The number of hydrogen-bond donors (Lipinski definition) is 1. The van der Waals surface area contributed by atoms with Crippen LogP contribution in [0.15, 0.2) is 18.2 Å². The lowest BCUT2D eigenvalue weighted by atomic mass is 9.95. The van der Waals surface area contributed by atoms with Gasteiger partial charge >= 0.3 is 0 Å². The van der Waals surface area contributed by atoms with E-state index in [0.717, 1.165) is 12.1 Å².